The van der Waals surface area contributed by atoms with Gasteiger partial charge in [-0.1, -0.05) is 92.6 Å². The number of carbonyl (C=O) groups is 3. The molecule has 40 heavy (non-hydrogen) atoms. The van der Waals surface area contributed by atoms with Crippen LogP contribution in [-0.4, -0.2) is 69.5 Å². The van der Waals surface area contributed by atoms with Crippen LogP contribution in [0.4, 0.5) is 4.79 Å². The van der Waals surface area contributed by atoms with Crippen molar-refractivity contribution < 1.29 is 14.4 Å². The van der Waals surface area contributed by atoms with E-state index in [1.54, 1.807) is 19.8 Å². The summed E-state index contributed by atoms with van der Waals surface area (Å²) in [5.41, 5.74) is 1.98. The lowest BCUT2D eigenvalue weighted by atomic mass is 9.96. The summed E-state index contributed by atoms with van der Waals surface area (Å²) in [7, 11) is 0. The second-order valence-electron chi connectivity index (χ2n) is 10.8. The Bertz CT molecular complexity index is 1430. The summed E-state index contributed by atoms with van der Waals surface area (Å²) in [6.07, 6.45) is 5.48. The number of hydrazine groups is 1. The standard InChI is InChI=1S/C32H35N5O3/c1-4-17-35-22-30(38)36-28(18-23(2)3)31(39)34(20-26-15-10-14-25-13-8-9-16-27(25)26)21-29(36)37(35)32(40)33-19-24-11-6-5-7-12-24/h1,5-16,23,28-29H,17-22H2,2-3H3,(H,33,40)/t28-,29-/m0/s1. The van der Waals surface area contributed by atoms with Gasteiger partial charge in [0.2, 0.25) is 11.8 Å². The Hall–Kier alpha value is -4.35. The Morgan fingerprint density at radius 1 is 1.02 bits per heavy atom. The van der Waals surface area contributed by atoms with Gasteiger partial charge in [-0.05, 0) is 34.2 Å². The van der Waals surface area contributed by atoms with Gasteiger partial charge in [-0.2, -0.15) is 5.01 Å². The fraction of sp³-hybridized carbons (Fsp3) is 0.344. The van der Waals surface area contributed by atoms with Crippen LogP contribution in [0.25, 0.3) is 10.8 Å². The smallest absolute Gasteiger partial charge is 0.333 e. The molecule has 2 aliphatic rings. The van der Waals surface area contributed by atoms with Crippen LogP contribution in [0.1, 0.15) is 31.4 Å². The lowest BCUT2D eigenvalue weighted by Crippen LogP contribution is -2.76. The van der Waals surface area contributed by atoms with Gasteiger partial charge in [-0.15, -0.1) is 6.42 Å². The molecule has 2 heterocycles. The molecule has 3 aromatic rings. The molecular formula is C32H35N5O3. The van der Waals surface area contributed by atoms with Crippen molar-refractivity contribution in [1.82, 2.24) is 25.1 Å². The number of hydrogen-bond donors (Lipinski definition) is 1. The summed E-state index contributed by atoms with van der Waals surface area (Å²) in [4.78, 5) is 44.6. The van der Waals surface area contributed by atoms with E-state index in [1.807, 2.05) is 68.4 Å². The molecule has 8 heteroatoms. The number of nitrogens with zero attached hydrogens (tertiary/aromatic N) is 4. The predicted molar refractivity (Wildman–Crippen MR) is 154 cm³/mol. The number of urea groups is 1. The van der Waals surface area contributed by atoms with E-state index in [-0.39, 0.29) is 43.4 Å². The maximum absolute atomic E-state index is 14.0. The molecule has 2 fully saturated rings. The van der Waals surface area contributed by atoms with E-state index in [4.69, 9.17) is 6.42 Å². The lowest BCUT2D eigenvalue weighted by molar-refractivity contribution is -0.190. The predicted octanol–water partition coefficient (Wildman–Crippen LogP) is 3.83. The van der Waals surface area contributed by atoms with Gasteiger partial charge in [0.1, 0.15) is 12.2 Å². The van der Waals surface area contributed by atoms with E-state index in [0.29, 0.717) is 19.5 Å². The molecule has 8 nitrogen and oxygen atoms in total. The van der Waals surface area contributed by atoms with E-state index < -0.39 is 12.2 Å². The first kappa shape index (κ1) is 27.2. The number of benzene rings is 3. The maximum atomic E-state index is 14.0. The molecule has 206 valence electrons. The molecule has 3 aromatic carbocycles. The van der Waals surface area contributed by atoms with Crippen LogP contribution in [0.15, 0.2) is 72.8 Å². The van der Waals surface area contributed by atoms with Crippen molar-refractivity contribution in [2.24, 2.45) is 5.92 Å². The van der Waals surface area contributed by atoms with Crippen LogP contribution in [-0.2, 0) is 22.7 Å². The van der Waals surface area contributed by atoms with Crippen molar-refractivity contribution in [3.05, 3.63) is 83.9 Å². The second kappa shape index (κ2) is 11.8. The van der Waals surface area contributed by atoms with Gasteiger partial charge in [0, 0.05) is 13.1 Å². The number of piperazine rings is 1. The van der Waals surface area contributed by atoms with Crippen molar-refractivity contribution in [1.29, 1.82) is 0 Å². The van der Waals surface area contributed by atoms with Gasteiger partial charge < -0.3 is 15.1 Å². The fourth-order valence-electron chi connectivity index (χ4n) is 5.75. The normalized spacial score (nSPS) is 19.6. The number of carbonyl (C=O) groups excluding carboxylic acids is 3. The van der Waals surface area contributed by atoms with Crippen molar-refractivity contribution >= 4 is 28.6 Å². The zero-order chi connectivity index (χ0) is 28.2. The average Bonchev–Trinajstić information content (AvgIpc) is 2.94. The van der Waals surface area contributed by atoms with Gasteiger partial charge in [-0.3, -0.25) is 9.59 Å². The first-order valence-electron chi connectivity index (χ1n) is 13.7. The van der Waals surface area contributed by atoms with Gasteiger partial charge in [0.25, 0.3) is 0 Å². The second-order valence-corrected chi connectivity index (χ2v) is 10.8. The first-order valence-corrected chi connectivity index (χ1v) is 13.7. The molecule has 4 amide bonds. The third-order valence-electron chi connectivity index (χ3n) is 7.53. The van der Waals surface area contributed by atoms with Crippen LogP contribution in [0.2, 0.25) is 0 Å². The third kappa shape index (κ3) is 5.51. The largest absolute Gasteiger partial charge is 0.334 e. The minimum atomic E-state index is -0.679. The van der Waals surface area contributed by atoms with Crippen LogP contribution in [0.5, 0.6) is 0 Å². The van der Waals surface area contributed by atoms with Crippen LogP contribution >= 0.6 is 0 Å². The number of terminal acetylenes is 1. The zero-order valence-corrected chi connectivity index (χ0v) is 23.0. The highest BCUT2D eigenvalue weighted by Gasteiger charge is 2.51. The monoisotopic (exact) mass is 537 g/mol. The molecule has 0 unspecified atom stereocenters. The summed E-state index contributed by atoms with van der Waals surface area (Å²) in [6, 6.07) is 22.8. The molecule has 1 N–H and O–H groups in total. The molecule has 2 aliphatic heterocycles. The van der Waals surface area contributed by atoms with E-state index in [0.717, 1.165) is 21.9 Å². The number of rotatable bonds is 7. The Balaban J connectivity index is 1.49. The molecule has 0 bridgehead atoms. The molecule has 0 radical (unpaired) electrons. The van der Waals surface area contributed by atoms with Crippen LogP contribution in [0.3, 0.4) is 0 Å². The van der Waals surface area contributed by atoms with Gasteiger partial charge in [-0.25, -0.2) is 9.80 Å². The molecule has 2 atom stereocenters. The zero-order valence-electron chi connectivity index (χ0n) is 23.0. The molecule has 5 rings (SSSR count). The highest BCUT2D eigenvalue weighted by Crippen LogP contribution is 2.31. The van der Waals surface area contributed by atoms with Gasteiger partial charge in [0.05, 0.1) is 19.6 Å². The Labute approximate surface area is 235 Å². The Kier molecular flexibility index (Phi) is 8.04. The van der Waals surface area contributed by atoms with Crippen molar-refractivity contribution in [2.45, 2.75) is 45.6 Å². The summed E-state index contributed by atoms with van der Waals surface area (Å²) in [5.74, 6) is 2.46. The minimum absolute atomic E-state index is 0.0648. The molecule has 0 aliphatic carbocycles. The average molecular weight is 538 g/mol. The molecular weight excluding hydrogens is 502 g/mol. The molecule has 0 saturated carbocycles. The fourth-order valence-corrected chi connectivity index (χ4v) is 5.75. The topological polar surface area (TPSA) is 76.2 Å². The molecule has 2 saturated heterocycles. The van der Waals surface area contributed by atoms with Crippen molar-refractivity contribution in [2.75, 3.05) is 19.6 Å². The van der Waals surface area contributed by atoms with E-state index in [1.165, 1.54) is 0 Å². The number of amides is 4. The SMILES string of the molecule is C#CCN1CC(=O)N2[C@@H](CC(C)C)C(=O)N(Cc3cccc4ccccc34)C[C@@H]2N1C(=O)NCc1ccccc1. The summed E-state index contributed by atoms with van der Waals surface area (Å²) in [6.45, 7) is 5.00. The summed E-state index contributed by atoms with van der Waals surface area (Å²) in [5, 5.41) is 8.34. The van der Waals surface area contributed by atoms with Crippen LogP contribution < -0.4 is 5.32 Å². The third-order valence-corrected chi connectivity index (χ3v) is 7.53. The van der Waals surface area contributed by atoms with Crippen molar-refractivity contribution in [3.63, 3.8) is 0 Å². The van der Waals surface area contributed by atoms with Crippen molar-refractivity contribution in [3.8, 4) is 12.3 Å². The molecule has 0 aromatic heterocycles. The van der Waals surface area contributed by atoms with E-state index in [2.05, 4.69) is 29.4 Å². The summed E-state index contributed by atoms with van der Waals surface area (Å²) >= 11 is 0. The number of hydrogen-bond acceptors (Lipinski definition) is 4. The summed E-state index contributed by atoms with van der Waals surface area (Å²) < 4.78 is 0. The molecule has 0 spiro atoms. The highest BCUT2D eigenvalue weighted by atomic mass is 16.2. The Morgan fingerprint density at radius 2 is 1.75 bits per heavy atom. The highest BCUT2D eigenvalue weighted by molar-refractivity contribution is 5.92. The maximum Gasteiger partial charge on any atom is 0.334 e. The number of fused-ring (bicyclic) bond motifs is 2. The van der Waals surface area contributed by atoms with Gasteiger partial charge in [0.15, 0.2) is 0 Å². The van der Waals surface area contributed by atoms with Crippen LogP contribution in [0, 0.1) is 18.3 Å². The lowest BCUT2D eigenvalue weighted by Gasteiger charge is -2.55. The van der Waals surface area contributed by atoms with E-state index in [9.17, 15) is 14.4 Å². The minimum Gasteiger partial charge on any atom is -0.333 e. The first-order chi connectivity index (χ1) is 19.4. The Morgan fingerprint density at radius 3 is 2.50 bits per heavy atom. The van der Waals surface area contributed by atoms with Gasteiger partial charge >= 0.3 is 6.03 Å². The quantitative estimate of drug-likeness (QED) is 0.465. The van der Waals surface area contributed by atoms with E-state index >= 15 is 0 Å². The number of nitrogens with one attached hydrogen (secondary N) is 1.